The average molecular weight is 248 g/mol. The van der Waals surface area contributed by atoms with Crippen LogP contribution in [0, 0.1) is 0 Å². The SMILES string of the molecule is CC(=O)OC[C@H](O)CC(F)(F)P(=O)(O)O. The number of carbonyl (C=O) groups excluding carboxylic acids is 1. The fourth-order valence-corrected chi connectivity index (χ4v) is 1.12. The second-order valence-corrected chi connectivity index (χ2v) is 4.61. The number of carbonyl (C=O) groups is 1. The van der Waals surface area contributed by atoms with Crippen LogP contribution in [0.25, 0.3) is 0 Å². The van der Waals surface area contributed by atoms with Crippen LogP contribution in [0.5, 0.6) is 0 Å². The van der Waals surface area contributed by atoms with E-state index in [-0.39, 0.29) is 0 Å². The van der Waals surface area contributed by atoms with E-state index in [1.807, 2.05) is 0 Å². The van der Waals surface area contributed by atoms with Crippen molar-refractivity contribution in [3.63, 3.8) is 0 Å². The van der Waals surface area contributed by atoms with Crippen LogP contribution in [-0.2, 0) is 14.1 Å². The predicted molar refractivity (Wildman–Crippen MR) is 44.2 cm³/mol. The summed E-state index contributed by atoms with van der Waals surface area (Å²) in [6.45, 7) is 0.277. The van der Waals surface area contributed by atoms with Crippen molar-refractivity contribution in [3.05, 3.63) is 0 Å². The second-order valence-electron chi connectivity index (χ2n) is 2.87. The molecule has 0 aliphatic rings. The molecule has 0 unspecified atom stereocenters. The summed E-state index contributed by atoms with van der Waals surface area (Å²) >= 11 is 0. The van der Waals surface area contributed by atoms with E-state index in [1.54, 1.807) is 0 Å². The van der Waals surface area contributed by atoms with Gasteiger partial charge in [0, 0.05) is 6.92 Å². The monoisotopic (exact) mass is 248 g/mol. The van der Waals surface area contributed by atoms with E-state index in [0.717, 1.165) is 6.92 Å². The number of alkyl halides is 2. The number of aliphatic hydroxyl groups excluding tert-OH is 1. The van der Waals surface area contributed by atoms with Crippen LogP contribution in [-0.4, -0.2) is 39.2 Å². The Bertz CT molecular complexity index is 275. The molecule has 0 aromatic rings. The van der Waals surface area contributed by atoms with Crippen molar-refractivity contribution in [2.75, 3.05) is 6.61 Å². The molecule has 6 nitrogen and oxygen atoms in total. The molecule has 0 spiro atoms. The van der Waals surface area contributed by atoms with Gasteiger partial charge in [0.2, 0.25) is 0 Å². The van der Waals surface area contributed by atoms with Crippen molar-refractivity contribution in [3.8, 4) is 0 Å². The van der Waals surface area contributed by atoms with Gasteiger partial charge in [0.15, 0.2) is 0 Å². The quantitative estimate of drug-likeness (QED) is 0.470. The van der Waals surface area contributed by atoms with Crippen LogP contribution in [0.4, 0.5) is 8.78 Å². The lowest BCUT2D eigenvalue weighted by molar-refractivity contribution is -0.145. The zero-order valence-corrected chi connectivity index (χ0v) is 8.66. The highest BCUT2D eigenvalue weighted by molar-refractivity contribution is 7.53. The highest BCUT2D eigenvalue weighted by Gasteiger charge is 2.49. The van der Waals surface area contributed by atoms with Crippen molar-refractivity contribution in [2.24, 2.45) is 0 Å². The first-order valence-electron chi connectivity index (χ1n) is 3.81. The van der Waals surface area contributed by atoms with Crippen LogP contribution in [0.2, 0.25) is 0 Å². The summed E-state index contributed by atoms with van der Waals surface area (Å²) in [4.78, 5) is 26.7. The Hall–Kier alpha value is -0.560. The van der Waals surface area contributed by atoms with Crippen molar-refractivity contribution in [1.29, 1.82) is 0 Å². The minimum atomic E-state index is -5.60. The van der Waals surface area contributed by atoms with Gasteiger partial charge in [-0.2, -0.15) is 8.78 Å². The van der Waals surface area contributed by atoms with E-state index in [9.17, 15) is 18.1 Å². The molecule has 0 rings (SSSR count). The maximum Gasteiger partial charge on any atom is 0.394 e. The van der Waals surface area contributed by atoms with Gasteiger partial charge < -0.3 is 19.6 Å². The highest BCUT2D eigenvalue weighted by atomic mass is 31.2. The van der Waals surface area contributed by atoms with E-state index in [4.69, 9.17) is 14.9 Å². The van der Waals surface area contributed by atoms with Gasteiger partial charge in [-0.25, -0.2) is 0 Å². The Kier molecular flexibility index (Phi) is 4.79. The van der Waals surface area contributed by atoms with Crippen LogP contribution < -0.4 is 0 Å². The smallest absolute Gasteiger partial charge is 0.394 e. The summed E-state index contributed by atoms with van der Waals surface area (Å²) in [5.74, 6) is -0.784. The van der Waals surface area contributed by atoms with E-state index in [1.165, 1.54) is 0 Å². The standard InChI is InChI=1S/C6H11F2O6P/c1-4(9)14-3-5(10)2-6(7,8)15(11,12)13/h5,10H,2-3H2,1H3,(H2,11,12,13)/t5-/m1/s1. The second kappa shape index (κ2) is 4.98. The Labute approximate surface area is 84.0 Å². The third-order valence-corrected chi connectivity index (χ3v) is 2.42. The topological polar surface area (TPSA) is 104 Å². The molecule has 0 heterocycles. The third-order valence-electron chi connectivity index (χ3n) is 1.39. The number of esters is 1. The number of rotatable bonds is 5. The van der Waals surface area contributed by atoms with E-state index in [0.29, 0.717) is 0 Å². The first-order chi connectivity index (χ1) is 6.56. The lowest BCUT2D eigenvalue weighted by Crippen LogP contribution is -2.28. The number of hydrogen-bond donors (Lipinski definition) is 3. The lowest BCUT2D eigenvalue weighted by atomic mass is 10.3. The highest BCUT2D eigenvalue weighted by Crippen LogP contribution is 2.55. The molecule has 0 fully saturated rings. The molecular weight excluding hydrogens is 237 g/mol. The van der Waals surface area contributed by atoms with Gasteiger partial charge in [0.1, 0.15) is 6.61 Å². The molecule has 15 heavy (non-hydrogen) atoms. The summed E-state index contributed by atoms with van der Waals surface area (Å²) < 4.78 is 39.7. The van der Waals surface area contributed by atoms with Crippen molar-refractivity contribution < 1.29 is 37.8 Å². The minimum Gasteiger partial charge on any atom is -0.463 e. The molecular formula is C6H11F2O6P. The Balaban J connectivity index is 4.22. The molecule has 0 aromatic carbocycles. The number of aliphatic hydroxyl groups is 1. The molecule has 0 aliphatic heterocycles. The molecule has 1 atom stereocenters. The van der Waals surface area contributed by atoms with Crippen LogP contribution in [0.3, 0.4) is 0 Å². The average Bonchev–Trinajstić information content (AvgIpc) is 1.97. The molecule has 0 saturated heterocycles. The molecule has 0 radical (unpaired) electrons. The van der Waals surface area contributed by atoms with Gasteiger partial charge in [-0.15, -0.1) is 0 Å². The first-order valence-corrected chi connectivity index (χ1v) is 5.42. The molecule has 9 heteroatoms. The number of halogens is 2. The molecule has 0 saturated carbocycles. The molecule has 0 aliphatic carbocycles. The fourth-order valence-electron chi connectivity index (χ4n) is 0.675. The molecule has 90 valence electrons. The van der Waals surface area contributed by atoms with Crippen molar-refractivity contribution in [1.82, 2.24) is 0 Å². The van der Waals surface area contributed by atoms with Crippen LogP contribution in [0.1, 0.15) is 13.3 Å². The van der Waals surface area contributed by atoms with Gasteiger partial charge in [-0.1, -0.05) is 0 Å². The van der Waals surface area contributed by atoms with Gasteiger partial charge in [0.05, 0.1) is 12.5 Å². The summed E-state index contributed by atoms with van der Waals surface area (Å²) in [6.07, 6.45) is -3.29. The zero-order chi connectivity index (χ0) is 12.3. The van der Waals surface area contributed by atoms with E-state index in [2.05, 4.69) is 4.74 Å². The number of hydrogen-bond acceptors (Lipinski definition) is 4. The van der Waals surface area contributed by atoms with Crippen molar-refractivity contribution >= 4 is 13.6 Å². The summed E-state index contributed by atoms with van der Waals surface area (Å²) in [7, 11) is -5.60. The molecule has 0 amide bonds. The molecule has 3 N–H and O–H groups in total. The Morgan fingerprint density at radius 3 is 2.33 bits per heavy atom. The van der Waals surface area contributed by atoms with Gasteiger partial charge in [-0.05, 0) is 0 Å². The van der Waals surface area contributed by atoms with Crippen molar-refractivity contribution in [2.45, 2.75) is 25.1 Å². The van der Waals surface area contributed by atoms with Crippen LogP contribution >= 0.6 is 7.60 Å². The van der Waals surface area contributed by atoms with Gasteiger partial charge in [0.25, 0.3) is 0 Å². The normalized spacial score (nSPS) is 14.8. The maximum atomic E-state index is 12.6. The fraction of sp³-hybridized carbons (Fsp3) is 0.833. The van der Waals surface area contributed by atoms with Crippen LogP contribution in [0.15, 0.2) is 0 Å². The Morgan fingerprint density at radius 2 is 2.00 bits per heavy atom. The molecule has 0 aromatic heterocycles. The number of ether oxygens (including phenoxy) is 1. The lowest BCUT2D eigenvalue weighted by Gasteiger charge is -2.20. The zero-order valence-electron chi connectivity index (χ0n) is 7.76. The maximum absolute atomic E-state index is 12.6. The molecule has 0 bridgehead atoms. The summed E-state index contributed by atoms with van der Waals surface area (Å²) in [5, 5.41) is 8.90. The Morgan fingerprint density at radius 1 is 1.53 bits per heavy atom. The third kappa shape index (κ3) is 5.17. The summed E-state index contributed by atoms with van der Waals surface area (Å²) in [6, 6.07) is 0. The van der Waals surface area contributed by atoms with E-state index < -0.39 is 38.4 Å². The van der Waals surface area contributed by atoms with Gasteiger partial charge >= 0.3 is 19.2 Å². The van der Waals surface area contributed by atoms with E-state index >= 15 is 0 Å². The largest absolute Gasteiger partial charge is 0.463 e. The summed E-state index contributed by atoms with van der Waals surface area (Å²) in [5.41, 5.74) is -4.33. The predicted octanol–water partition coefficient (Wildman–Crippen LogP) is 0.0710. The van der Waals surface area contributed by atoms with Gasteiger partial charge in [-0.3, -0.25) is 9.36 Å². The first kappa shape index (κ1) is 14.4. The minimum absolute atomic E-state index is 0.731.